The highest BCUT2D eigenvalue weighted by atomic mass is 15.0. The zero-order valence-electron chi connectivity index (χ0n) is 10.7. The fourth-order valence-corrected chi connectivity index (χ4v) is 2.13. The summed E-state index contributed by atoms with van der Waals surface area (Å²) in [7, 11) is 2.11. The molecular weight excluding hydrogens is 194 g/mol. The monoisotopic (exact) mass is 215 g/mol. The number of hydrogen-bond acceptors (Lipinski definition) is 0. The Kier molecular flexibility index (Phi) is 4.36. The molecular formula is C15H21N. The molecule has 0 saturated carbocycles. The molecule has 0 aromatic carbocycles. The molecule has 1 rings (SSSR count). The van der Waals surface area contributed by atoms with Crippen LogP contribution in [-0.4, -0.2) is 4.57 Å². The lowest BCUT2D eigenvalue weighted by Crippen LogP contribution is -1.94. The third-order valence-electron chi connectivity index (χ3n) is 2.84. The summed E-state index contributed by atoms with van der Waals surface area (Å²) in [5.41, 5.74) is 5.16. The molecule has 1 nitrogen and oxygen atoms in total. The van der Waals surface area contributed by atoms with E-state index in [0.29, 0.717) is 0 Å². The molecule has 0 bridgehead atoms. The van der Waals surface area contributed by atoms with Crippen molar-refractivity contribution in [1.82, 2.24) is 4.57 Å². The maximum absolute atomic E-state index is 3.93. The fraction of sp³-hybridized carbons (Fsp3) is 0.333. The summed E-state index contributed by atoms with van der Waals surface area (Å²) < 4.78 is 2.23. The first-order chi connectivity index (χ1) is 7.71. The second-order valence-corrected chi connectivity index (χ2v) is 3.78. The standard InChI is InChI=1S/C15H21N/c1-6-10-14-12(8-3)13(9-4)15(11-7-2)16(14)5/h6-8,10-11H,3,9H2,1-2,4-5H3/b10-6-,11-7-. The highest BCUT2D eigenvalue weighted by Gasteiger charge is 2.13. The van der Waals surface area contributed by atoms with Gasteiger partial charge in [-0.3, -0.25) is 0 Å². The minimum atomic E-state index is 1.03. The first-order valence-electron chi connectivity index (χ1n) is 5.80. The van der Waals surface area contributed by atoms with E-state index in [2.05, 4.69) is 56.3 Å². The molecule has 0 spiro atoms. The van der Waals surface area contributed by atoms with Crippen molar-refractivity contribution in [2.45, 2.75) is 27.2 Å². The third-order valence-corrected chi connectivity index (χ3v) is 2.84. The van der Waals surface area contributed by atoms with Gasteiger partial charge in [-0.1, -0.05) is 31.7 Å². The van der Waals surface area contributed by atoms with Crippen molar-refractivity contribution in [2.24, 2.45) is 7.05 Å². The van der Waals surface area contributed by atoms with Gasteiger partial charge in [0.1, 0.15) is 0 Å². The van der Waals surface area contributed by atoms with Gasteiger partial charge in [0.2, 0.25) is 0 Å². The molecule has 0 aliphatic rings. The van der Waals surface area contributed by atoms with Gasteiger partial charge < -0.3 is 4.57 Å². The minimum absolute atomic E-state index is 1.03. The van der Waals surface area contributed by atoms with Gasteiger partial charge in [0, 0.05) is 24.0 Å². The third kappa shape index (κ3) is 2.04. The molecule has 0 radical (unpaired) electrons. The molecule has 0 aliphatic heterocycles. The van der Waals surface area contributed by atoms with Crippen LogP contribution in [0.15, 0.2) is 18.7 Å². The van der Waals surface area contributed by atoms with E-state index in [4.69, 9.17) is 0 Å². The van der Waals surface area contributed by atoms with E-state index in [1.54, 1.807) is 0 Å². The lowest BCUT2D eigenvalue weighted by Gasteiger charge is -2.01. The van der Waals surface area contributed by atoms with Crippen LogP contribution in [-0.2, 0) is 13.5 Å². The van der Waals surface area contributed by atoms with Crippen molar-refractivity contribution in [2.75, 3.05) is 0 Å². The summed E-state index contributed by atoms with van der Waals surface area (Å²) in [6.45, 7) is 10.2. The van der Waals surface area contributed by atoms with Crippen LogP contribution < -0.4 is 0 Å². The Labute approximate surface area is 98.8 Å². The second kappa shape index (κ2) is 5.55. The van der Waals surface area contributed by atoms with Crippen LogP contribution in [0.4, 0.5) is 0 Å². The molecule has 0 atom stereocenters. The Bertz CT molecular complexity index is 431. The molecule has 0 saturated heterocycles. The van der Waals surface area contributed by atoms with Crippen LogP contribution in [0.3, 0.4) is 0 Å². The Balaban J connectivity index is 3.56. The zero-order chi connectivity index (χ0) is 12.1. The predicted molar refractivity (Wildman–Crippen MR) is 74.3 cm³/mol. The number of rotatable bonds is 4. The Morgan fingerprint density at radius 2 is 1.69 bits per heavy atom. The molecule has 86 valence electrons. The van der Waals surface area contributed by atoms with Gasteiger partial charge in [0.05, 0.1) is 0 Å². The highest BCUT2D eigenvalue weighted by Crippen LogP contribution is 2.26. The summed E-state index contributed by atoms with van der Waals surface area (Å²) in [6.07, 6.45) is 11.5. The Morgan fingerprint density at radius 3 is 2.12 bits per heavy atom. The van der Waals surface area contributed by atoms with Crippen molar-refractivity contribution < 1.29 is 0 Å². The van der Waals surface area contributed by atoms with Crippen molar-refractivity contribution in [3.8, 4) is 0 Å². The summed E-state index contributed by atoms with van der Waals surface area (Å²) in [4.78, 5) is 0. The molecule has 1 aromatic heterocycles. The molecule has 0 amide bonds. The number of allylic oxidation sites excluding steroid dienone is 2. The van der Waals surface area contributed by atoms with Crippen LogP contribution in [0.25, 0.3) is 18.2 Å². The van der Waals surface area contributed by atoms with Crippen LogP contribution in [0.5, 0.6) is 0 Å². The van der Waals surface area contributed by atoms with Gasteiger partial charge in [0.25, 0.3) is 0 Å². The SMILES string of the molecule is C=Cc1c(CC)c(/C=C\C)n(C)c1/C=C\C. The molecule has 16 heavy (non-hydrogen) atoms. The molecule has 0 aliphatic carbocycles. The highest BCUT2D eigenvalue weighted by molar-refractivity contribution is 5.71. The average Bonchev–Trinajstić information content (AvgIpc) is 2.54. The van der Waals surface area contributed by atoms with E-state index < -0.39 is 0 Å². The van der Waals surface area contributed by atoms with Crippen molar-refractivity contribution in [1.29, 1.82) is 0 Å². The van der Waals surface area contributed by atoms with Gasteiger partial charge in [-0.15, -0.1) is 0 Å². The first-order valence-corrected chi connectivity index (χ1v) is 5.80. The maximum Gasteiger partial charge on any atom is 0.0481 e. The molecule has 0 unspecified atom stereocenters. The van der Waals surface area contributed by atoms with E-state index in [0.717, 1.165) is 6.42 Å². The smallest absolute Gasteiger partial charge is 0.0481 e. The first kappa shape index (κ1) is 12.6. The molecule has 1 heterocycles. The number of aromatic nitrogens is 1. The average molecular weight is 215 g/mol. The van der Waals surface area contributed by atoms with E-state index in [-0.39, 0.29) is 0 Å². The normalized spacial score (nSPS) is 11.8. The van der Waals surface area contributed by atoms with Gasteiger partial charge in [-0.2, -0.15) is 0 Å². The summed E-state index contributed by atoms with van der Waals surface area (Å²) >= 11 is 0. The van der Waals surface area contributed by atoms with Crippen LogP contribution in [0.2, 0.25) is 0 Å². The van der Waals surface area contributed by atoms with Crippen molar-refractivity contribution >= 4 is 18.2 Å². The van der Waals surface area contributed by atoms with Gasteiger partial charge in [0.15, 0.2) is 0 Å². The lowest BCUT2D eigenvalue weighted by molar-refractivity contribution is 0.893. The largest absolute Gasteiger partial charge is 0.344 e. The van der Waals surface area contributed by atoms with Crippen LogP contribution >= 0.6 is 0 Å². The molecule has 1 heteroatoms. The molecule has 1 aromatic rings. The summed E-state index contributed by atoms with van der Waals surface area (Å²) in [6, 6.07) is 0. The van der Waals surface area contributed by atoms with Gasteiger partial charge in [-0.05, 0) is 38.0 Å². The van der Waals surface area contributed by atoms with E-state index >= 15 is 0 Å². The molecule has 0 N–H and O–H groups in total. The molecule has 0 fully saturated rings. The Morgan fingerprint density at radius 1 is 1.12 bits per heavy atom. The maximum atomic E-state index is 3.93. The number of nitrogens with zero attached hydrogens (tertiary/aromatic N) is 1. The van der Waals surface area contributed by atoms with E-state index in [1.807, 2.05) is 13.0 Å². The zero-order valence-corrected chi connectivity index (χ0v) is 10.7. The number of hydrogen-bond donors (Lipinski definition) is 0. The van der Waals surface area contributed by atoms with E-state index in [9.17, 15) is 0 Å². The summed E-state index contributed by atoms with van der Waals surface area (Å²) in [5.74, 6) is 0. The fourth-order valence-electron chi connectivity index (χ4n) is 2.13. The van der Waals surface area contributed by atoms with Crippen molar-refractivity contribution in [3.63, 3.8) is 0 Å². The Hall–Kier alpha value is -1.50. The van der Waals surface area contributed by atoms with Crippen molar-refractivity contribution in [3.05, 3.63) is 41.2 Å². The summed E-state index contributed by atoms with van der Waals surface area (Å²) in [5, 5.41) is 0. The van der Waals surface area contributed by atoms with E-state index in [1.165, 1.54) is 22.5 Å². The van der Waals surface area contributed by atoms with Crippen LogP contribution in [0, 0.1) is 0 Å². The predicted octanol–water partition coefficient (Wildman–Crippen LogP) is 4.30. The van der Waals surface area contributed by atoms with Gasteiger partial charge >= 0.3 is 0 Å². The minimum Gasteiger partial charge on any atom is -0.344 e. The van der Waals surface area contributed by atoms with Gasteiger partial charge in [-0.25, -0.2) is 0 Å². The topological polar surface area (TPSA) is 4.93 Å². The van der Waals surface area contributed by atoms with Crippen LogP contribution in [0.1, 0.15) is 43.3 Å². The quantitative estimate of drug-likeness (QED) is 0.706. The second-order valence-electron chi connectivity index (χ2n) is 3.78. The lowest BCUT2D eigenvalue weighted by atomic mass is 10.1.